The molecule has 1 aromatic heterocycles. The monoisotopic (exact) mass is 396 g/mol. The van der Waals surface area contributed by atoms with Gasteiger partial charge in [0, 0.05) is 5.56 Å². The third-order valence-corrected chi connectivity index (χ3v) is 6.65. The molecule has 3 rings (SSSR count). The first-order chi connectivity index (χ1) is 14.2. The van der Waals surface area contributed by atoms with Crippen LogP contribution in [0.2, 0.25) is 0 Å². The number of halogens is 1. The standard InChI is InChI=1S/C26H37FN2/c1-3-4-5-6-7-8-21-10-12-22(13-11-21)14-15-23-16-17-24(19-25(23)27)26-18-9-20(2)28-29-26/h9,16-19,21-22H,3-8,10-15H2,1-2H3. The minimum absolute atomic E-state index is 0.106. The van der Waals surface area contributed by atoms with E-state index in [0.29, 0.717) is 0 Å². The Kier molecular flexibility index (Phi) is 8.64. The van der Waals surface area contributed by atoms with Gasteiger partial charge in [0.2, 0.25) is 0 Å². The Morgan fingerprint density at radius 2 is 1.59 bits per heavy atom. The Balaban J connectivity index is 1.41. The van der Waals surface area contributed by atoms with E-state index in [1.165, 1.54) is 64.2 Å². The first kappa shape index (κ1) is 21.9. The van der Waals surface area contributed by atoms with Gasteiger partial charge in [-0.1, -0.05) is 83.3 Å². The van der Waals surface area contributed by atoms with Crippen LogP contribution in [0.15, 0.2) is 30.3 Å². The third-order valence-electron chi connectivity index (χ3n) is 6.65. The fraction of sp³-hybridized carbons (Fsp3) is 0.615. The highest BCUT2D eigenvalue weighted by Crippen LogP contribution is 2.34. The summed E-state index contributed by atoms with van der Waals surface area (Å²) in [5.74, 6) is 1.61. The van der Waals surface area contributed by atoms with Crippen molar-refractivity contribution in [2.24, 2.45) is 11.8 Å². The summed E-state index contributed by atoms with van der Waals surface area (Å²) in [5.41, 5.74) is 3.25. The van der Waals surface area contributed by atoms with Crippen molar-refractivity contribution in [3.8, 4) is 11.3 Å². The summed E-state index contributed by atoms with van der Waals surface area (Å²) < 4.78 is 14.6. The number of aromatic nitrogens is 2. The Morgan fingerprint density at radius 3 is 2.24 bits per heavy atom. The van der Waals surface area contributed by atoms with Gasteiger partial charge in [-0.3, -0.25) is 0 Å². The van der Waals surface area contributed by atoms with E-state index in [9.17, 15) is 4.39 Å². The van der Waals surface area contributed by atoms with Crippen LogP contribution < -0.4 is 0 Å². The molecule has 1 saturated carbocycles. The summed E-state index contributed by atoms with van der Waals surface area (Å²) in [6.45, 7) is 4.18. The molecular weight excluding hydrogens is 359 g/mol. The molecule has 0 bridgehead atoms. The first-order valence-corrected chi connectivity index (χ1v) is 11.7. The van der Waals surface area contributed by atoms with Crippen molar-refractivity contribution in [3.05, 3.63) is 47.4 Å². The largest absolute Gasteiger partial charge is 0.207 e. The van der Waals surface area contributed by atoms with Gasteiger partial charge < -0.3 is 0 Å². The van der Waals surface area contributed by atoms with E-state index in [1.807, 2.05) is 31.2 Å². The lowest BCUT2D eigenvalue weighted by atomic mass is 9.77. The normalized spacial score (nSPS) is 19.4. The molecule has 29 heavy (non-hydrogen) atoms. The quantitative estimate of drug-likeness (QED) is 0.385. The number of rotatable bonds is 10. The van der Waals surface area contributed by atoms with Crippen LogP contribution in [0.5, 0.6) is 0 Å². The molecule has 0 radical (unpaired) electrons. The lowest BCUT2D eigenvalue weighted by Crippen LogP contribution is -2.15. The molecule has 0 unspecified atom stereocenters. The zero-order valence-corrected chi connectivity index (χ0v) is 18.3. The molecule has 0 N–H and O–H groups in total. The van der Waals surface area contributed by atoms with Gasteiger partial charge in [0.15, 0.2) is 0 Å². The van der Waals surface area contributed by atoms with Gasteiger partial charge in [-0.05, 0) is 55.4 Å². The fourth-order valence-electron chi connectivity index (χ4n) is 4.67. The van der Waals surface area contributed by atoms with E-state index in [0.717, 1.165) is 47.2 Å². The van der Waals surface area contributed by atoms with Gasteiger partial charge in [-0.25, -0.2) is 4.39 Å². The van der Waals surface area contributed by atoms with E-state index >= 15 is 0 Å². The lowest BCUT2D eigenvalue weighted by Gasteiger charge is -2.28. The highest BCUT2D eigenvalue weighted by Gasteiger charge is 2.21. The maximum Gasteiger partial charge on any atom is 0.127 e. The minimum atomic E-state index is -0.106. The Hall–Kier alpha value is -1.77. The molecule has 2 aromatic rings. The Labute approximate surface area is 176 Å². The zero-order valence-electron chi connectivity index (χ0n) is 18.3. The van der Waals surface area contributed by atoms with Crippen molar-refractivity contribution in [3.63, 3.8) is 0 Å². The SMILES string of the molecule is CCCCCCCC1CCC(CCc2ccc(-c3ccc(C)nn3)cc2F)CC1. The number of aryl methyl sites for hydroxylation is 2. The van der Waals surface area contributed by atoms with Crippen LogP contribution in [0, 0.1) is 24.6 Å². The van der Waals surface area contributed by atoms with Crippen LogP contribution in [0.4, 0.5) is 4.39 Å². The molecule has 1 aliphatic carbocycles. The minimum Gasteiger partial charge on any atom is -0.207 e. The van der Waals surface area contributed by atoms with Gasteiger partial charge in [-0.2, -0.15) is 10.2 Å². The second kappa shape index (κ2) is 11.4. The summed E-state index contributed by atoms with van der Waals surface area (Å²) in [7, 11) is 0. The average molecular weight is 397 g/mol. The van der Waals surface area contributed by atoms with Crippen LogP contribution in [-0.4, -0.2) is 10.2 Å². The van der Waals surface area contributed by atoms with Gasteiger partial charge >= 0.3 is 0 Å². The molecule has 1 aromatic carbocycles. The number of hydrogen-bond acceptors (Lipinski definition) is 2. The van der Waals surface area contributed by atoms with E-state index in [1.54, 1.807) is 6.07 Å². The molecule has 0 amide bonds. The van der Waals surface area contributed by atoms with Crippen molar-refractivity contribution in [1.29, 1.82) is 0 Å². The molecule has 0 aliphatic heterocycles. The molecule has 0 spiro atoms. The molecule has 2 nitrogen and oxygen atoms in total. The van der Waals surface area contributed by atoms with Gasteiger partial charge in [0.25, 0.3) is 0 Å². The number of hydrogen-bond donors (Lipinski definition) is 0. The van der Waals surface area contributed by atoms with Crippen LogP contribution in [0.25, 0.3) is 11.3 Å². The molecular formula is C26H37FN2. The third kappa shape index (κ3) is 6.90. The van der Waals surface area contributed by atoms with E-state index in [2.05, 4.69) is 17.1 Å². The van der Waals surface area contributed by atoms with Crippen LogP contribution in [0.1, 0.15) is 88.8 Å². The molecule has 0 saturated heterocycles. The van der Waals surface area contributed by atoms with Crippen molar-refractivity contribution in [1.82, 2.24) is 10.2 Å². The molecule has 0 atom stereocenters. The highest BCUT2D eigenvalue weighted by atomic mass is 19.1. The first-order valence-electron chi connectivity index (χ1n) is 11.7. The fourth-order valence-corrected chi connectivity index (χ4v) is 4.67. The smallest absolute Gasteiger partial charge is 0.127 e. The topological polar surface area (TPSA) is 25.8 Å². The van der Waals surface area contributed by atoms with Crippen LogP contribution >= 0.6 is 0 Å². The lowest BCUT2D eigenvalue weighted by molar-refractivity contribution is 0.248. The maximum absolute atomic E-state index is 14.6. The maximum atomic E-state index is 14.6. The van der Waals surface area contributed by atoms with Crippen LogP contribution in [-0.2, 0) is 6.42 Å². The van der Waals surface area contributed by atoms with Crippen molar-refractivity contribution < 1.29 is 4.39 Å². The second-order valence-corrected chi connectivity index (χ2v) is 8.99. The Morgan fingerprint density at radius 1 is 0.862 bits per heavy atom. The molecule has 3 heteroatoms. The molecule has 1 aliphatic rings. The molecule has 1 fully saturated rings. The van der Waals surface area contributed by atoms with E-state index in [4.69, 9.17) is 0 Å². The summed E-state index contributed by atoms with van der Waals surface area (Å²) in [4.78, 5) is 0. The van der Waals surface area contributed by atoms with E-state index in [-0.39, 0.29) is 5.82 Å². The number of benzene rings is 1. The molecule has 1 heterocycles. The summed E-state index contributed by atoms with van der Waals surface area (Å²) in [6.07, 6.45) is 15.8. The summed E-state index contributed by atoms with van der Waals surface area (Å²) in [6, 6.07) is 9.35. The Bertz CT molecular complexity index is 733. The number of unbranched alkanes of at least 4 members (excludes halogenated alkanes) is 4. The second-order valence-electron chi connectivity index (χ2n) is 8.99. The van der Waals surface area contributed by atoms with Crippen molar-refractivity contribution >= 4 is 0 Å². The van der Waals surface area contributed by atoms with Gasteiger partial charge in [0.05, 0.1) is 11.4 Å². The molecule has 158 valence electrons. The average Bonchev–Trinajstić information content (AvgIpc) is 2.74. The van der Waals surface area contributed by atoms with Gasteiger partial charge in [-0.15, -0.1) is 0 Å². The zero-order chi connectivity index (χ0) is 20.5. The number of nitrogens with zero attached hydrogens (tertiary/aromatic N) is 2. The predicted molar refractivity (Wildman–Crippen MR) is 119 cm³/mol. The highest BCUT2D eigenvalue weighted by molar-refractivity contribution is 5.59. The van der Waals surface area contributed by atoms with Crippen molar-refractivity contribution in [2.75, 3.05) is 0 Å². The van der Waals surface area contributed by atoms with E-state index < -0.39 is 0 Å². The summed E-state index contributed by atoms with van der Waals surface area (Å²) >= 11 is 0. The predicted octanol–water partition coefficient (Wildman–Crippen LogP) is 7.69. The summed E-state index contributed by atoms with van der Waals surface area (Å²) in [5, 5.41) is 8.24. The van der Waals surface area contributed by atoms with Gasteiger partial charge in [0.1, 0.15) is 5.82 Å². The van der Waals surface area contributed by atoms with Crippen LogP contribution in [0.3, 0.4) is 0 Å². The van der Waals surface area contributed by atoms with Crippen molar-refractivity contribution in [2.45, 2.75) is 90.9 Å².